The second kappa shape index (κ2) is 17.0. The number of aryl methyl sites for hydroxylation is 1. The third kappa shape index (κ3) is 11.3. The van der Waals surface area contributed by atoms with E-state index in [4.69, 9.17) is 4.12 Å². The first-order chi connectivity index (χ1) is 20.2. The van der Waals surface area contributed by atoms with Gasteiger partial charge in [-0.3, -0.25) is 0 Å². The van der Waals surface area contributed by atoms with Gasteiger partial charge in [0.15, 0.2) is 17.4 Å². The molecule has 0 amide bonds. The third-order valence-corrected chi connectivity index (χ3v) is 18.6. The van der Waals surface area contributed by atoms with Crippen LogP contribution in [-0.2, 0) is 17.0 Å². The van der Waals surface area contributed by atoms with Crippen LogP contribution in [0.4, 0.5) is 0 Å². The van der Waals surface area contributed by atoms with E-state index in [0.29, 0.717) is 5.92 Å². The van der Waals surface area contributed by atoms with Crippen LogP contribution in [0.25, 0.3) is 29.3 Å². The van der Waals surface area contributed by atoms with Gasteiger partial charge in [-0.1, -0.05) is 65.2 Å². The molecule has 0 saturated carbocycles. The largest absolute Gasteiger partial charge is 0.458 e. The van der Waals surface area contributed by atoms with Gasteiger partial charge in [0.2, 0.25) is 0 Å². The van der Waals surface area contributed by atoms with Crippen LogP contribution in [0.5, 0.6) is 0 Å². The van der Waals surface area contributed by atoms with Crippen LogP contribution < -0.4 is 0 Å². The van der Waals surface area contributed by atoms with Crippen molar-refractivity contribution in [3.63, 3.8) is 0 Å². The monoisotopic (exact) mass is 672 g/mol. The first-order valence-corrected chi connectivity index (χ1v) is 25.4. The molecule has 0 aliphatic heterocycles. The molecule has 0 spiro atoms. The molecule has 4 aromatic heterocycles. The Labute approximate surface area is 275 Å². The van der Waals surface area contributed by atoms with E-state index in [1.807, 2.05) is 45.3 Å². The average molecular weight is 673 g/mol. The number of hydrogen-bond donors (Lipinski definition) is 0. The first kappa shape index (κ1) is 34.1. The van der Waals surface area contributed by atoms with Crippen LogP contribution in [0.3, 0.4) is 0 Å². The summed E-state index contributed by atoms with van der Waals surface area (Å²) in [5.74, 6) is 0.712. The molecule has 0 saturated heterocycles. The highest BCUT2D eigenvalue weighted by Gasteiger charge is 2.22. The van der Waals surface area contributed by atoms with Crippen molar-refractivity contribution in [2.45, 2.75) is 117 Å². The van der Waals surface area contributed by atoms with Crippen LogP contribution in [0.1, 0.15) is 81.4 Å². The van der Waals surface area contributed by atoms with E-state index in [0.717, 1.165) is 0 Å². The Morgan fingerprint density at radius 2 is 0.976 bits per heavy atom. The van der Waals surface area contributed by atoms with Crippen molar-refractivity contribution in [2.75, 3.05) is 0 Å². The molecule has 0 aliphatic rings. The van der Waals surface area contributed by atoms with Gasteiger partial charge < -0.3 is 4.12 Å². The molecule has 0 fully saturated rings. The Balaban J connectivity index is 1.12. The molecule has 7 heteroatoms. The van der Waals surface area contributed by atoms with Crippen LogP contribution >= 0.6 is 45.3 Å². The lowest BCUT2D eigenvalue weighted by Crippen LogP contribution is -2.34. The SMILES string of the molecule is CC(C)Cc1ccc(-c2ccc(-c3ccc(-c4ccc(CCCCCCCCCCC[Si](C)(C)O[SiH](C)C)s4)s3)s2)s1. The smallest absolute Gasteiger partial charge is 0.173 e. The van der Waals surface area contributed by atoms with Crippen molar-refractivity contribution in [2.24, 2.45) is 5.92 Å². The van der Waals surface area contributed by atoms with Crippen molar-refractivity contribution in [1.29, 1.82) is 0 Å². The summed E-state index contributed by atoms with van der Waals surface area (Å²) in [6.45, 7) is 14.0. The minimum atomic E-state index is -1.37. The zero-order valence-electron chi connectivity index (χ0n) is 26.8. The van der Waals surface area contributed by atoms with Gasteiger partial charge >= 0.3 is 0 Å². The molecule has 1 nitrogen and oxygen atoms in total. The summed E-state index contributed by atoms with van der Waals surface area (Å²) in [6.07, 6.45) is 14.9. The van der Waals surface area contributed by atoms with Crippen molar-refractivity contribution in [3.05, 3.63) is 58.3 Å². The molecule has 0 aliphatic carbocycles. The zero-order chi connectivity index (χ0) is 30.0. The summed E-state index contributed by atoms with van der Waals surface area (Å²) in [4.78, 5) is 11.5. The van der Waals surface area contributed by atoms with E-state index in [1.165, 1.54) is 111 Å². The molecular formula is C35H52OS4Si2. The lowest BCUT2D eigenvalue weighted by atomic mass is 10.1. The molecule has 42 heavy (non-hydrogen) atoms. The van der Waals surface area contributed by atoms with Crippen LogP contribution in [0, 0.1) is 5.92 Å². The van der Waals surface area contributed by atoms with Crippen molar-refractivity contribution in [3.8, 4) is 29.3 Å². The van der Waals surface area contributed by atoms with E-state index in [2.05, 4.69) is 88.6 Å². The maximum absolute atomic E-state index is 6.29. The molecular weight excluding hydrogens is 621 g/mol. The van der Waals surface area contributed by atoms with Crippen molar-refractivity contribution >= 4 is 62.7 Å². The molecule has 230 valence electrons. The highest BCUT2D eigenvalue weighted by atomic mass is 32.1. The minimum absolute atomic E-state index is 0.712. The molecule has 4 rings (SSSR count). The zero-order valence-corrected chi connectivity index (χ0v) is 32.2. The molecule has 0 aromatic carbocycles. The molecule has 4 heterocycles. The molecule has 0 bridgehead atoms. The topological polar surface area (TPSA) is 9.23 Å². The van der Waals surface area contributed by atoms with Gasteiger partial charge in [0.1, 0.15) is 0 Å². The Hall–Kier alpha value is -0.806. The minimum Gasteiger partial charge on any atom is -0.458 e. The second-order valence-corrected chi connectivity index (χ2v) is 24.6. The van der Waals surface area contributed by atoms with E-state index in [1.54, 1.807) is 4.88 Å². The van der Waals surface area contributed by atoms with Crippen molar-refractivity contribution in [1.82, 2.24) is 0 Å². The number of unbranched alkanes of at least 4 members (excludes halogenated alkanes) is 8. The Morgan fingerprint density at radius 3 is 1.48 bits per heavy atom. The normalized spacial score (nSPS) is 12.3. The lowest BCUT2D eigenvalue weighted by molar-refractivity contribution is 0.545. The summed E-state index contributed by atoms with van der Waals surface area (Å²) in [5.41, 5.74) is 0. The Bertz CT molecular complexity index is 1330. The summed E-state index contributed by atoms with van der Waals surface area (Å²) < 4.78 is 6.29. The summed E-state index contributed by atoms with van der Waals surface area (Å²) in [7, 11) is -2.24. The van der Waals surface area contributed by atoms with Crippen molar-refractivity contribution < 1.29 is 4.12 Å². The highest BCUT2D eigenvalue weighted by molar-refractivity contribution is 7.28. The molecule has 0 unspecified atom stereocenters. The third-order valence-electron chi connectivity index (χ3n) is 7.63. The van der Waals surface area contributed by atoms with Crippen LogP contribution in [0.15, 0.2) is 48.5 Å². The lowest BCUT2D eigenvalue weighted by Gasteiger charge is -2.25. The maximum atomic E-state index is 6.29. The molecule has 0 radical (unpaired) electrons. The molecule has 0 N–H and O–H groups in total. The Kier molecular flexibility index (Phi) is 13.8. The summed E-state index contributed by atoms with van der Waals surface area (Å²) >= 11 is 7.83. The first-order valence-electron chi connectivity index (χ1n) is 16.2. The van der Waals surface area contributed by atoms with E-state index in [-0.39, 0.29) is 0 Å². The average Bonchev–Trinajstić information content (AvgIpc) is 3.72. The maximum Gasteiger partial charge on any atom is 0.173 e. The summed E-state index contributed by atoms with van der Waals surface area (Å²) in [5, 5.41) is 0. The molecule has 0 atom stereocenters. The van der Waals surface area contributed by atoms with Gasteiger partial charge in [-0.2, -0.15) is 0 Å². The molecule has 4 aromatic rings. The van der Waals surface area contributed by atoms with E-state index in [9.17, 15) is 0 Å². The predicted octanol–water partition coefficient (Wildman–Crippen LogP) is 13.4. The Morgan fingerprint density at radius 1 is 0.571 bits per heavy atom. The fourth-order valence-electron chi connectivity index (χ4n) is 5.66. The fourth-order valence-corrected chi connectivity index (χ4v) is 16.9. The summed E-state index contributed by atoms with van der Waals surface area (Å²) in [6, 6.07) is 19.9. The standard InChI is InChI=1S/C35H52OS4Si2/c1-27(2)26-29-18-20-31(38-29)33-22-24-35(40-33)34-23-21-32(39-34)30-19-17-28(37-30)16-14-12-10-8-7-9-11-13-15-25-42(5,6)36-41(3)4/h17-24,27,41H,7-16,25-26H2,1-6H3. The predicted molar refractivity (Wildman–Crippen MR) is 200 cm³/mol. The van der Waals surface area contributed by atoms with Crippen LogP contribution in [-0.4, -0.2) is 17.4 Å². The highest BCUT2D eigenvalue weighted by Crippen LogP contribution is 2.43. The van der Waals surface area contributed by atoms with E-state index < -0.39 is 17.4 Å². The van der Waals surface area contributed by atoms with Gasteiger partial charge in [0, 0.05) is 39.0 Å². The fraction of sp³-hybridized carbons (Fsp3) is 0.543. The van der Waals surface area contributed by atoms with Crippen LogP contribution in [0.2, 0.25) is 32.2 Å². The second-order valence-electron chi connectivity index (χ2n) is 13.1. The number of thiophene rings is 4. The van der Waals surface area contributed by atoms with E-state index >= 15 is 0 Å². The van der Waals surface area contributed by atoms with Gasteiger partial charge in [0.25, 0.3) is 0 Å². The van der Waals surface area contributed by atoms with Gasteiger partial charge in [-0.05, 0) is 106 Å². The number of hydrogen-bond acceptors (Lipinski definition) is 5. The number of rotatable bonds is 19. The van der Waals surface area contributed by atoms with Gasteiger partial charge in [0.05, 0.1) is 0 Å². The van der Waals surface area contributed by atoms with Gasteiger partial charge in [-0.25, -0.2) is 0 Å². The van der Waals surface area contributed by atoms with Gasteiger partial charge in [-0.15, -0.1) is 45.3 Å². The quantitative estimate of drug-likeness (QED) is 0.0711.